The van der Waals surface area contributed by atoms with Crippen LogP contribution in [0.25, 0.3) is 0 Å². The predicted molar refractivity (Wildman–Crippen MR) is 150 cm³/mol. The molecule has 1 N–H and O–H groups in total. The lowest BCUT2D eigenvalue weighted by Gasteiger charge is -2.44. The largest absolute Gasteiger partial charge is 0.385 e. The van der Waals surface area contributed by atoms with E-state index in [0.717, 1.165) is 65.4 Å². The van der Waals surface area contributed by atoms with Gasteiger partial charge >= 0.3 is 0 Å². The summed E-state index contributed by atoms with van der Waals surface area (Å²) >= 11 is 0. The van der Waals surface area contributed by atoms with Crippen LogP contribution in [-0.2, 0) is 18.9 Å². The highest BCUT2D eigenvalue weighted by atomic mass is 35.5. The van der Waals surface area contributed by atoms with Crippen molar-refractivity contribution in [1.29, 1.82) is 0 Å². The number of halogens is 1. The molecule has 6 nitrogen and oxygen atoms in total. The van der Waals surface area contributed by atoms with Crippen molar-refractivity contribution >= 4 is 12.4 Å². The van der Waals surface area contributed by atoms with E-state index in [1.54, 1.807) is 14.2 Å². The number of nitrogens with zero attached hydrogens (tertiary/aromatic N) is 1. The highest BCUT2D eigenvalue weighted by Gasteiger charge is 2.34. The molecular weight excluding hydrogens is 476 g/mol. The van der Waals surface area contributed by atoms with Crippen LogP contribution < -0.4 is 5.32 Å². The molecule has 4 rings (SSSR count). The zero-order valence-corrected chi connectivity index (χ0v) is 23.4. The van der Waals surface area contributed by atoms with Crippen LogP contribution in [0.1, 0.15) is 43.9 Å². The van der Waals surface area contributed by atoms with Crippen LogP contribution in [0.4, 0.5) is 0 Å². The Kier molecular flexibility index (Phi) is 18.6. The molecule has 2 heterocycles. The number of likely N-dealkylation sites (tertiary alicyclic amines) is 1. The molecule has 0 bridgehead atoms. The van der Waals surface area contributed by atoms with Crippen LogP contribution in [0, 0.1) is 0 Å². The van der Waals surface area contributed by atoms with E-state index >= 15 is 0 Å². The van der Waals surface area contributed by atoms with Gasteiger partial charge in [-0.3, -0.25) is 4.90 Å². The molecule has 0 spiro atoms. The molecule has 2 fully saturated rings. The number of methoxy groups -OCH3 is 2. The molecule has 0 aromatic heterocycles. The van der Waals surface area contributed by atoms with E-state index in [4.69, 9.17) is 18.9 Å². The van der Waals surface area contributed by atoms with E-state index < -0.39 is 0 Å². The highest BCUT2D eigenvalue weighted by molar-refractivity contribution is 5.85. The Morgan fingerprint density at radius 2 is 1.17 bits per heavy atom. The van der Waals surface area contributed by atoms with Gasteiger partial charge in [-0.15, -0.1) is 12.4 Å². The molecule has 204 valence electrons. The molecule has 2 aliphatic rings. The fraction of sp³-hybridized carbons (Fsp3) is 0.586. The fourth-order valence-electron chi connectivity index (χ4n) is 3.96. The van der Waals surface area contributed by atoms with Gasteiger partial charge in [0.05, 0.1) is 18.2 Å². The number of ether oxygens (including phenoxy) is 4. The third-order valence-electron chi connectivity index (χ3n) is 5.91. The quantitative estimate of drug-likeness (QED) is 0.375. The van der Waals surface area contributed by atoms with Gasteiger partial charge in [0.25, 0.3) is 0 Å². The molecule has 2 aromatic rings. The van der Waals surface area contributed by atoms with Gasteiger partial charge in [0.15, 0.2) is 0 Å². The lowest BCUT2D eigenvalue weighted by molar-refractivity contribution is -0.0697. The van der Waals surface area contributed by atoms with E-state index in [1.165, 1.54) is 11.1 Å². The van der Waals surface area contributed by atoms with Gasteiger partial charge in [0.1, 0.15) is 0 Å². The Labute approximate surface area is 225 Å². The molecule has 0 saturated carbocycles. The van der Waals surface area contributed by atoms with Crippen molar-refractivity contribution in [2.45, 2.75) is 44.9 Å². The standard InChI is InChI=1S/C20H25NO2.C7H15NO2.C2H6.ClH/c1-22-13-8-14-23-19-15-21(16-19)20(17-9-4-2-5-10-17)18-11-6-3-7-12-18;1-9-3-2-4-10-7-5-8-6-7;1-2;/h2-7,9-12,19-20H,8,13-16H2,1H3;7-8H,2-6H2,1H3;1-2H3;1H. The summed E-state index contributed by atoms with van der Waals surface area (Å²) in [5, 5.41) is 3.15. The molecule has 0 amide bonds. The first-order valence-electron chi connectivity index (χ1n) is 13.1. The lowest BCUT2D eigenvalue weighted by atomic mass is 9.94. The molecule has 2 aromatic carbocycles. The second-order valence-corrected chi connectivity index (χ2v) is 8.51. The van der Waals surface area contributed by atoms with E-state index in [9.17, 15) is 0 Å². The number of hydrogen-bond acceptors (Lipinski definition) is 6. The van der Waals surface area contributed by atoms with Crippen LogP contribution in [0.15, 0.2) is 60.7 Å². The second-order valence-electron chi connectivity index (χ2n) is 8.51. The van der Waals surface area contributed by atoms with Crippen LogP contribution in [0.5, 0.6) is 0 Å². The Morgan fingerprint density at radius 3 is 1.56 bits per heavy atom. The molecule has 7 heteroatoms. The number of hydrogen-bond donors (Lipinski definition) is 1. The number of benzene rings is 2. The third-order valence-corrected chi connectivity index (χ3v) is 5.91. The van der Waals surface area contributed by atoms with Gasteiger partial charge in [-0.05, 0) is 24.0 Å². The van der Waals surface area contributed by atoms with Gasteiger partial charge in [0, 0.05) is 66.8 Å². The van der Waals surface area contributed by atoms with Crippen molar-refractivity contribution in [1.82, 2.24) is 10.2 Å². The predicted octanol–water partition coefficient (Wildman–Crippen LogP) is 4.97. The molecule has 36 heavy (non-hydrogen) atoms. The molecule has 2 aliphatic heterocycles. The number of rotatable bonds is 13. The first-order valence-corrected chi connectivity index (χ1v) is 13.1. The summed E-state index contributed by atoms with van der Waals surface area (Å²) in [7, 11) is 3.44. The summed E-state index contributed by atoms with van der Waals surface area (Å²) in [6.45, 7) is 11.2. The molecule has 2 saturated heterocycles. The topological polar surface area (TPSA) is 52.2 Å². The summed E-state index contributed by atoms with van der Waals surface area (Å²) in [6.07, 6.45) is 2.79. The van der Waals surface area contributed by atoms with Gasteiger partial charge in [-0.25, -0.2) is 0 Å². The lowest BCUT2D eigenvalue weighted by Crippen LogP contribution is -2.53. The van der Waals surface area contributed by atoms with Crippen molar-refractivity contribution in [3.05, 3.63) is 71.8 Å². The third kappa shape index (κ3) is 11.7. The zero-order chi connectivity index (χ0) is 25.1. The SMILES string of the molecule is CC.COCCCOC1CN(C(c2ccccc2)c2ccccc2)C1.COCCCOC1CNC1.Cl. The van der Waals surface area contributed by atoms with Crippen molar-refractivity contribution in [3.8, 4) is 0 Å². The van der Waals surface area contributed by atoms with E-state index in [-0.39, 0.29) is 12.4 Å². The second kappa shape index (κ2) is 20.5. The first-order chi connectivity index (χ1) is 17.3. The highest BCUT2D eigenvalue weighted by Crippen LogP contribution is 2.32. The van der Waals surface area contributed by atoms with E-state index in [0.29, 0.717) is 18.2 Å². The van der Waals surface area contributed by atoms with Crippen LogP contribution in [0.3, 0.4) is 0 Å². The summed E-state index contributed by atoms with van der Waals surface area (Å²) in [4.78, 5) is 2.49. The van der Waals surface area contributed by atoms with Crippen molar-refractivity contribution in [2.75, 3.05) is 66.8 Å². The zero-order valence-electron chi connectivity index (χ0n) is 22.6. The Balaban J connectivity index is 0.000000421. The Morgan fingerprint density at radius 1 is 0.722 bits per heavy atom. The summed E-state index contributed by atoms with van der Waals surface area (Å²) in [5.74, 6) is 0. The summed E-state index contributed by atoms with van der Waals surface area (Å²) in [6, 6.07) is 21.8. The molecule has 0 unspecified atom stereocenters. The van der Waals surface area contributed by atoms with Gasteiger partial charge in [-0.2, -0.15) is 0 Å². The maximum atomic E-state index is 5.91. The van der Waals surface area contributed by atoms with Crippen LogP contribution >= 0.6 is 12.4 Å². The van der Waals surface area contributed by atoms with E-state index in [2.05, 4.69) is 70.9 Å². The molecule has 0 radical (unpaired) electrons. The Hall–Kier alpha value is -1.51. The van der Waals surface area contributed by atoms with Gasteiger partial charge < -0.3 is 24.3 Å². The van der Waals surface area contributed by atoms with Gasteiger partial charge in [0.2, 0.25) is 0 Å². The van der Waals surface area contributed by atoms with Crippen molar-refractivity contribution in [3.63, 3.8) is 0 Å². The minimum absolute atomic E-state index is 0. The smallest absolute Gasteiger partial charge is 0.0829 e. The monoisotopic (exact) mass is 522 g/mol. The normalized spacial score (nSPS) is 15.5. The van der Waals surface area contributed by atoms with Crippen LogP contribution in [-0.4, -0.2) is 83.9 Å². The van der Waals surface area contributed by atoms with E-state index in [1.807, 2.05) is 13.8 Å². The minimum Gasteiger partial charge on any atom is -0.385 e. The maximum Gasteiger partial charge on any atom is 0.0829 e. The fourth-order valence-corrected chi connectivity index (χ4v) is 3.96. The average Bonchev–Trinajstić information content (AvgIpc) is 2.86. The molecule has 0 aliphatic carbocycles. The van der Waals surface area contributed by atoms with Crippen molar-refractivity contribution in [2.24, 2.45) is 0 Å². The maximum absolute atomic E-state index is 5.91. The average molecular weight is 523 g/mol. The van der Waals surface area contributed by atoms with Gasteiger partial charge in [-0.1, -0.05) is 74.5 Å². The van der Waals surface area contributed by atoms with Crippen molar-refractivity contribution < 1.29 is 18.9 Å². The minimum atomic E-state index is 0. The Bertz CT molecular complexity index is 704. The summed E-state index contributed by atoms with van der Waals surface area (Å²) in [5.41, 5.74) is 2.69. The van der Waals surface area contributed by atoms with Crippen LogP contribution in [0.2, 0.25) is 0 Å². The number of nitrogens with one attached hydrogen (secondary N) is 1. The molecule has 0 atom stereocenters. The molecular formula is C29H47ClN2O4. The first kappa shape index (κ1) is 32.5. The summed E-state index contributed by atoms with van der Waals surface area (Å²) < 4.78 is 21.3.